The van der Waals surface area contributed by atoms with E-state index in [0.717, 1.165) is 27.6 Å². The van der Waals surface area contributed by atoms with Gasteiger partial charge in [-0.2, -0.15) is 4.98 Å². The number of hydrogen-bond donors (Lipinski definition) is 0. The summed E-state index contributed by atoms with van der Waals surface area (Å²) in [5, 5.41) is 5.22. The van der Waals surface area contributed by atoms with E-state index in [1.807, 2.05) is 50.2 Å². The molecule has 2 aromatic heterocycles. The van der Waals surface area contributed by atoms with E-state index in [4.69, 9.17) is 14.2 Å². The predicted molar refractivity (Wildman–Crippen MR) is 115 cm³/mol. The first kappa shape index (κ1) is 19.1. The average molecular weight is 387 g/mol. The highest BCUT2D eigenvalue weighted by Crippen LogP contribution is 2.33. The third-order valence-corrected chi connectivity index (χ3v) is 4.96. The summed E-state index contributed by atoms with van der Waals surface area (Å²) in [4.78, 5) is 9.33. The first-order chi connectivity index (χ1) is 13.9. The minimum atomic E-state index is 0.0970. The smallest absolute Gasteiger partial charge is 0.258 e. The van der Waals surface area contributed by atoms with Gasteiger partial charge in [0.2, 0.25) is 11.7 Å². The molecule has 5 heteroatoms. The number of fused-ring (bicyclic) bond motifs is 1. The molecule has 5 nitrogen and oxygen atoms in total. The molecule has 0 aliphatic rings. The van der Waals surface area contributed by atoms with Crippen molar-refractivity contribution < 1.29 is 9.26 Å². The van der Waals surface area contributed by atoms with Gasteiger partial charge >= 0.3 is 0 Å². The molecule has 2 aromatic carbocycles. The second kappa shape index (κ2) is 7.32. The third kappa shape index (κ3) is 3.73. The summed E-state index contributed by atoms with van der Waals surface area (Å²) in [5.74, 6) is 1.47. The van der Waals surface area contributed by atoms with E-state index >= 15 is 0 Å². The molecule has 0 spiro atoms. The quantitative estimate of drug-likeness (QED) is 0.432. The second-order valence-electron chi connectivity index (χ2n) is 8.17. The van der Waals surface area contributed by atoms with Crippen molar-refractivity contribution in [3.05, 3.63) is 59.7 Å². The summed E-state index contributed by atoms with van der Waals surface area (Å²) in [6.45, 7) is 11.1. The highest BCUT2D eigenvalue weighted by Gasteiger charge is 2.19. The van der Waals surface area contributed by atoms with Crippen LogP contribution in [0, 0.1) is 6.92 Å². The first-order valence-corrected chi connectivity index (χ1v) is 9.85. The Morgan fingerprint density at radius 1 is 1.00 bits per heavy atom. The summed E-state index contributed by atoms with van der Waals surface area (Å²) in [6, 6.07) is 16.3. The van der Waals surface area contributed by atoms with E-state index in [9.17, 15) is 0 Å². The zero-order chi connectivity index (χ0) is 20.6. The Balaban J connectivity index is 1.75. The summed E-state index contributed by atoms with van der Waals surface area (Å²) in [6.07, 6.45) is 0. The number of benzene rings is 2. The van der Waals surface area contributed by atoms with Crippen molar-refractivity contribution >= 4 is 10.9 Å². The van der Waals surface area contributed by atoms with E-state index in [1.54, 1.807) is 0 Å². The van der Waals surface area contributed by atoms with Crippen molar-refractivity contribution in [3.63, 3.8) is 0 Å². The number of rotatable bonds is 4. The Morgan fingerprint density at radius 3 is 2.45 bits per heavy atom. The minimum absolute atomic E-state index is 0.0970. The van der Waals surface area contributed by atoms with Crippen molar-refractivity contribution in [3.8, 4) is 28.7 Å². The number of ether oxygens (including phenoxy) is 1. The second-order valence-corrected chi connectivity index (χ2v) is 8.17. The zero-order valence-electron chi connectivity index (χ0n) is 17.5. The molecule has 0 aliphatic heterocycles. The monoisotopic (exact) mass is 387 g/mol. The molecule has 0 bridgehead atoms. The predicted octanol–water partition coefficient (Wildman–Crippen LogP) is 5.96. The van der Waals surface area contributed by atoms with Gasteiger partial charge in [-0.05, 0) is 48.6 Å². The lowest BCUT2D eigenvalue weighted by Crippen LogP contribution is -2.10. The maximum Gasteiger partial charge on any atom is 0.258 e. The molecule has 0 N–H and O–H groups in total. The van der Waals surface area contributed by atoms with Gasteiger partial charge in [-0.15, -0.1) is 0 Å². The van der Waals surface area contributed by atoms with Gasteiger partial charge in [0.1, 0.15) is 0 Å². The SMILES string of the molecule is CCOc1nc2c(C)cccc2cc1-c1noc(-c2ccc(C(C)(C)C)cc2)n1. The number of pyridine rings is 1. The summed E-state index contributed by atoms with van der Waals surface area (Å²) in [5.41, 5.74) is 4.99. The number of nitrogens with zero attached hydrogens (tertiary/aromatic N) is 3. The van der Waals surface area contributed by atoms with E-state index < -0.39 is 0 Å². The molecule has 0 unspecified atom stereocenters. The Bertz CT molecular complexity index is 1160. The Labute approximate surface area is 170 Å². The fourth-order valence-corrected chi connectivity index (χ4v) is 3.30. The van der Waals surface area contributed by atoms with Crippen LogP contribution in [-0.2, 0) is 5.41 Å². The van der Waals surface area contributed by atoms with Crippen LogP contribution in [0.15, 0.2) is 53.1 Å². The van der Waals surface area contributed by atoms with Crippen LogP contribution in [0.2, 0.25) is 0 Å². The first-order valence-electron chi connectivity index (χ1n) is 9.85. The van der Waals surface area contributed by atoms with Crippen LogP contribution in [0.5, 0.6) is 5.88 Å². The molecule has 148 valence electrons. The molecule has 0 amide bonds. The van der Waals surface area contributed by atoms with Gasteiger partial charge in [0.05, 0.1) is 17.7 Å². The van der Waals surface area contributed by atoms with Crippen LogP contribution < -0.4 is 4.74 Å². The highest BCUT2D eigenvalue weighted by atomic mass is 16.5. The van der Waals surface area contributed by atoms with E-state index in [-0.39, 0.29) is 5.41 Å². The molecule has 0 saturated heterocycles. The van der Waals surface area contributed by atoms with Gasteiger partial charge in [0.25, 0.3) is 5.89 Å². The highest BCUT2D eigenvalue weighted by molar-refractivity contribution is 5.87. The largest absolute Gasteiger partial charge is 0.477 e. The van der Waals surface area contributed by atoms with E-state index in [1.165, 1.54) is 5.56 Å². The van der Waals surface area contributed by atoms with Crippen molar-refractivity contribution in [2.24, 2.45) is 0 Å². The molecule has 4 rings (SSSR count). The number of para-hydroxylation sites is 1. The standard InChI is InChI=1S/C24H25N3O2/c1-6-28-23-19(14-17-9-7-8-15(2)20(17)25-23)21-26-22(29-27-21)16-10-12-18(13-11-16)24(3,4)5/h7-14H,6H2,1-5H3. The molecule has 0 radical (unpaired) electrons. The van der Waals surface area contributed by atoms with Gasteiger partial charge in [-0.1, -0.05) is 56.3 Å². The lowest BCUT2D eigenvalue weighted by Gasteiger charge is -2.18. The van der Waals surface area contributed by atoms with Gasteiger partial charge in [-0.3, -0.25) is 0 Å². The number of hydrogen-bond acceptors (Lipinski definition) is 5. The Kier molecular flexibility index (Phi) is 4.82. The van der Waals surface area contributed by atoms with Crippen LogP contribution in [0.1, 0.15) is 38.8 Å². The average Bonchev–Trinajstić information content (AvgIpc) is 3.18. The van der Waals surface area contributed by atoms with Crippen molar-refractivity contribution in [2.75, 3.05) is 6.61 Å². The molecule has 0 saturated carbocycles. The van der Waals surface area contributed by atoms with Crippen LogP contribution in [0.4, 0.5) is 0 Å². The Hall–Kier alpha value is -3.21. The lowest BCUT2D eigenvalue weighted by atomic mass is 9.87. The molecule has 0 fully saturated rings. The summed E-state index contributed by atoms with van der Waals surface area (Å²) < 4.78 is 11.3. The van der Waals surface area contributed by atoms with E-state index in [0.29, 0.717) is 24.2 Å². The fraction of sp³-hybridized carbons (Fsp3) is 0.292. The van der Waals surface area contributed by atoms with Crippen molar-refractivity contribution in [1.82, 2.24) is 15.1 Å². The lowest BCUT2D eigenvalue weighted by molar-refractivity contribution is 0.329. The molecule has 0 aliphatic carbocycles. The molecule has 2 heterocycles. The number of aromatic nitrogens is 3. The third-order valence-electron chi connectivity index (χ3n) is 4.96. The Morgan fingerprint density at radius 2 is 1.76 bits per heavy atom. The van der Waals surface area contributed by atoms with Crippen LogP contribution in [-0.4, -0.2) is 21.7 Å². The summed E-state index contributed by atoms with van der Waals surface area (Å²) in [7, 11) is 0. The molecule has 0 atom stereocenters. The van der Waals surface area contributed by atoms with Crippen LogP contribution in [0.25, 0.3) is 33.7 Å². The van der Waals surface area contributed by atoms with Gasteiger partial charge in [0, 0.05) is 10.9 Å². The van der Waals surface area contributed by atoms with Gasteiger partial charge in [0.15, 0.2) is 0 Å². The van der Waals surface area contributed by atoms with Gasteiger partial charge in [-0.25, -0.2) is 4.98 Å². The van der Waals surface area contributed by atoms with Crippen molar-refractivity contribution in [2.45, 2.75) is 40.0 Å². The fourth-order valence-electron chi connectivity index (χ4n) is 3.30. The molecular weight excluding hydrogens is 362 g/mol. The van der Waals surface area contributed by atoms with Gasteiger partial charge < -0.3 is 9.26 Å². The normalized spacial score (nSPS) is 11.8. The van der Waals surface area contributed by atoms with Crippen molar-refractivity contribution in [1.29, 1.82) is 0 Å². The maximum atomic E-state index is 5.79. The summed E-state index contributed by atoms with van der Waals surface area (Å²) >= 11 is 0. The maximum absolute atomic E-state index is 5.79. The minimum Gasteiger partial charge on any atom is -0.477 e. The molecule has 29 heavy (non-hydrogen) atoms. The van der Waals surface area contributed by atoms with Crippen LogP contribution in [0.3, 0.4) is 0 Å². The zero-order valence-corrected chi connectivity index (χ0v) is 17.5. The molecular formula is C24H25N3O2. The topological polar surface area (TPSA) is 61.0 Å². The number of aryl methyl sites for hydroxylation is 1. The van der Waals surface area contributed by atoms with Crippen LogP contribution >= 0.6 is 0 Å². The molecule has 4 aromatic rings. The van der Waals surface area contributed by atoms with E-state index in [2.05, 4.69) is 43.0 Å².